The molecule has 3 heterocycles. The Kier molecular flexibility index (Phi) is 11.8. The second-order valence-electron chi connectivity index (χ2n) is 19.3. The van der Waals surface area contributed by atoms with Crippen LogP contribution in [0, 0.1) is 64.5 Å². The Morgan fingerprint density at radius 2 is 1.41 bits per heavy atom. The zero-order chi connectivity index (χ0) is 41.4. The molecule has 5 aromatic rings. The van der Waals surface area contributed by atoms with Gasteiger partial charge < -0.3 is 14.4 Å². The van der Waals surface area contributed by atoms with Crippen LogP contribution in [0.5, 0.6) is 11.5 Å². The Bertz CT molecular complexity index is 2370. The Hall–Kier alpha value is -4.21. The van der Waals surface area contributed by atoms with Gasteiger partial charge in [-0.15, -0.1) is 24.3 Å². The predicted molar refractivity (Wildman–Crippen MR) is 237 cm³/mol. The topological polar surface area (TPSA) is 47.0 Å². The number of rotatable bonds is 8. The molecule has 0 aliphatic carbocycles. The molecule has 0 N–H and O–H groups in total. The van der Waals surface area contributed by atoms with Gasteiger partial charge in [-0.3, -0.25) is 4.99 Å². The number of nitrogens with zero attached hydrogens (tertiary/aromatic N) is 3. The van der Waals surface area contributed by atoms with E-state index in [4.69, 9.17) is 19.5 Å². The molecular formula is C52H61N3O2Pt. The second kappa shape index (κ2) is 15.8. The first-order valence-corrected chi connectivity index (χ1v) is 20.7. The van der Waals surface area contributed by atoms with E-state index in [2.05, 4.69) is 175 Å². The maximum Gasteiger partial charge on any atom is 2.00 e. The van der Waals surface area contributed by atoms with Crippen molar-refractivity contribution in [3.8, 4) is 22.6 Å². The summed E-state index contributed by atoms with van der Waals surface area (Å²) in [5.74, 6) is 4.02. The Labute approximate surface area is 363 Å². The molecule has 0 bridgehead atoms. The summed E-state index contributed by atoms with van der Waals surface area (Å²) in [5.41, 5.74) is 14.1. The smallest absolute Gasteiger partial charge is 0.518 e. The molecule has 4 aromatic carbocycles. The van der Waals surface area contributed by atoms with Crippen molar-refractivity contribution in [1.29, 1.82) is 0 Å². The quantitative estimate of drug-likeness (QED) is 0.145. The number of hydrogen-bond donors (Lipinski definition) is 0. The average molecular weight is 955 g/mol. The summed E-state index contributed by atoms with van der Waals surface area (Å²) in [5, 5.41) is 0. The predicted octanol–water partition coefficient (Wildman–Crippen LogP) is 13.6. The number of aryl methyl sites for hydroxylation is 5. The maximum atomic E-state index is 6.87. The fraction of sp³-hybridized carbons (Fsp3) is 0.423. The van der Waals surface area contributed by atoms with Gasteiger partial charge in [-0.1, -0.05) is 128 Å². The third kappa shape index (κ3) is 7.93. The molecule has 0 saturated heterocycles. The Balaban J connectivity index is 0.00000567. The van der Waals surface area contributed by atoms with Crippen molar-refractivity contribution in [1.82, 2.24) is 4.98 Å². The number of anilines is 3. The van der Waals surface area contributed by atoms with E-state index in [1.807, 2.05) is 12.3 Å². The summed E-state index contributed by atoms with van der Waals surface area (Å²) in [6, 6.07) is 29.3. The van der Waals surface area contributed by atoms with E-state index in [0.717, 1.165) is 33.9 Å². The summed E-state index contributed by atoms with van der Waals surface area (Å²) in [4.78, 5) is 12.6. The zero-order valence-corrected chi connectivity index (χ0v) is 39.5. The van der Waals surface area contributed by atoms with Gasteiger partial charge in [0.2, 0.25) is 0 Å². The van der Waals surface area contributed by atoms with Crippen LogP contribution in [0.1, 0.15) is 119 Å². The first-order valence-electron chi connectivity index (χ1n) is 20.7. The maximum absolute atomic E-state index is 6.87. The minimum Gasteiger partial charge on any atom is -0.518 e. The summed E-state index contributed by atoms with van der Waals surface area (Å²) in [7, 11) is 0. The van der Waals surface area contributed by atoms with Crippen LogP contribution in [-0.4, -0.2) is 23.0 Å². The standard InChI is InChI=1S/C52H61N3O2.Pt/c1-30(2)46(31(3)4)52(15)29-56-49(54-52)38-24-37(45-35(8)20-32(5)21-36(45)9)25-42(26-38)57-41-23-33(6)22-40(28-41)55-44-17-16-39(50(10,11)12)27-43(44)51(13,14)47-34(7)18-19-53-48(47)55;/h16-25,27,30-31,46H,29H2,1-15H3;/q-2;+2/t52-;/m0./s1. The van der Waals surface area contributed by atoms with Gasteiger partial charge in [0.1, 0.15) is 18.3 Å². The molecule has 7 rings (SSSR count). The summed E-state index contributed by atoms with van der Waals surface area (Å²) in [6.45, 7) is 34.2. The van der Waals surface area contributed by atoms with Gasteiger partial charge in [0.15, 0.2) is 0 Å². The van der Waals surface area contributed by atoms with Crippen LogP contribution in [0.15, 0.2) is 71.9 Å². The molecule has 0 spiro atoms. The van der Waals surface area contributed by atoms with Crippen molar-refractivity contribution in [2.45, 2.75) is 120 Å². The van der Waals surface area contributed by atoms with Gasteiger partial charge in [-0.25, -0.2) is 4.98 Å². The Morgan fingerprint density at radius 3 is 2.05 bits per heavy atom. The SMILES string of the molecule is Cc1cc(Oc2[c-]c(C3=N[C@](C)(C(C(C)C)C(C)C)CO3)cc(-c3c(C)cc(C)cc3C)c2)[c-]c(N2c3ccc(C(C)(C)C)cc3C(C)(C)c3c(C)ccnc32)c1.[Pt+2]. The minimum absolute atomic E-state index is 0. The van der Waals surface area contributed by atoms with Crippen molar-refractivity contribution < 1.29 is 30.5 Å². The van der Waals surface area contributed by atoms with Crippen LogP contribution in [0.25, 0.3) is 11.1 Å². The van der Waals surface area contributed by atoms with Crippen molar-refractivity contribution in [2.75, 3.05) is 11.5 Å². The second-order valence-corrected chi connectivity index (χ2v) is 19.3. The van der Waals surface area contributed by atoms with Gasteiger partial charge in [-0.05, 0) is 103 Å². The van der Waals surface area contributed by atoms with Crippen LogP contribution in [0.3, 0.4) is 0 Å². The van der Waals surface area contributed by atoms with Gasteiger partial charge in [0, 0.05) is 34.4 Å². The normalized spacial score (nSPS) is 17.2. The van der Waals surface area contributed by atoms with Crippen molar-refractivity contribution in [3.05, 3.63) is 129 Å². The summed E-state index contributed by atoms with van der Waals surface area (Å²) < 4.78 is 13.4. The van der Waals surface area contributed by atoms with Gasteiger partial charge in [-0.2, -0.15) is 5.56 Å². The fourth-order valence-corrected chi connectivity index (χ4v) is 10.2. The van der Waals surface area contributed by atoms with Crippen LogP contribution < -0.4 is 9.64 Å². The molecule has 2 aliphatic rings. The number of hydrogen-bond acceptors (Lipinski definition) is 5. The molecule has 6 heteroatoms. The summed E-state index contributed by atoms with van der Waals surface area (Å²) in [6.07, 6.45) is 1.92. The molecule has 0 saturated carbocycles. The largest absolute Gasteiger partial charge is 2.00 e. The van der Waals surface area contributed by atoms with Crippen LogP contribution >= 0.6 is 0 Å². The number of ether oxygens (including phenoxy) is 2. The van der Waals surface area contributed by atoms with Crippen LogP contribution in [-0.2, 0) is 36.6 Å². The van der Waals surface area contributed by atoms with Crippen LogP contribution in [0.2, 0.25) is 0 Å². The number of pyridine rings is 1. The monoisotopic (exact) mass is 954 g/mol. The molecule has 0 amide bonds. The molecule has 1 atom stereocenters. The van der Waals surface area contributed by atoms with E-state index < -0.39 is 0 Å². The van der Waals surface area contributed by atoms with Crippen LogP contribution in [0.4, 0.5) is 17.2 Å². The van der Waals surface area contributed by atoms with Crippen molar-refractivity contribution in [2.24, 2.45) is 22.7 Å². The third-order valence-electron chi connectivity index (χ3n) is 12.2. The molecule has 2 aliphatic heterocycles. The molecule has 0 fully saturated rings. The Morgan fingerprint density at radius 1 is 0.776 bits per heavy atom. The molecule has 0 unspecified atom stereocenters. The summed E-state index contributed by atoms with van der Waals surface area (Å²) >= 11 is 0. The van der Waals surface area contributed by atoms with E-state index >= 15 is 0 Å². The molecule has 5 nitrogen and oxygen atoms in total. The van der Waals surface area contributed by atoms with Crippen molar-refractivity contribution in [3.63, 3.8) is 0 Å². The number of aliphatic imine (C=N–C) groups is 1. The van der Waals surface area contributed by atoms with E-state index in [1.54, 1.807) is 0 Å². The number of benzene rings is 4. The molecule has 306 valence electrons. The molecule has 1 aromatic heterocycles. The average Bonchev–Trinajstić information content (AvgIpc) is 3.48. The van der Waals surface area contributed by atoms with E-state index in [-0.39, 0.29) is 37.4 Å². The third-order valence-corrected chi connectivity index (χ3v) is 12.2. The number of aromatic nitrogens is 1. The minimum atomic E-state index is -0.340. The first-order chi connectivity index (χ1) is 26.7. The first kappa shape index (κ1) is 43.4. The van der Waals surface area contributed by atoms with E-state index in [1.165, 1.54) is 44.5 Å². The number of fused-ring (bicyclic) bond motifs is 2. The fourth-order valence-electron chi connectivity index (χ4n) is 10.2. The zero-order valence-electron chi connectivity index (χ0n) is 37.3. The van der Waals surface area contributed by atoms with E-state index in [9.17, 15) is 0 Å². The molecular weight excluding hydrogens is 894 g/mol. The van der Waals surface area contributed by atoms with Gasteiger partial charge in [0.25, 0.3) is 0 Å². The van der Waals surface area contributed by atoms with E-state index in [0.29, 0.717) is 41.8 Å². The molecule has 58 heavy (non-hydrogen) atoms. The molecule has 0 radical (unpaired) electrons. The van der Waals surface area contributed by atoms with Gasteiger partial charge in [0.05, 0.1) is 5.54 Å². The van der Waals surface area contributed by atoms with Crippen molar-refractivity contribution >= 4 is 23.1 Å². The van der Waals surface area contributed by atoms with Gasteiger partial charge >= 0.3 is 21.1 Å².